The quantitative estimate of drug-likeness (QED) is 0.290. The number of fused-ring (bicyclic) bond motifs is 4. The van der Waals surface area contributed by atoms with Gasteiger partial charge in [0.1, 0.15) is 35.2 Å². The molecule has 6 heterocycles. The van der Waals surface area contributed by atoms with E-state index >= 15 is 4.39 Å². The van der Waals surface area contributed by atoms with Crippen molar-refractivity contribution >= 4 is 27.5 Å². The van der Waals surface area contributed by atoms with Crippen LogP contribution in [0.15, 0.2) is 24.3 Å². The number of piperazine rings is 1. The number of pyridine rings is 1. The van der Waals surface area contributed by atoms with Gasteiger partial charge in [-0.3, -0.25) is 4.90 Å². The van der Waals surface area contributed by atoms with Crippen LogP contribution in [0, 0.1) is 24.0 Å². The number of aromatic hydroxyl groups is 1. The third kappa shape index (κ3) is 4.84. The van der Waals surface area contributed by atoms with Gasteiger partial charge in [0.2, 0.25) is 0 Å². The van der Waals surface area contributed by atoms with Crippen LogP contribution in [0.3, 0.4) is 0 Å². The normalized spacial score (nSPS) is 20.2. The smallest absolute Gasteiger partial charge is 0.319 e. The lowest BCUT2D eigenvalue weighted by Crippen LogP contribution is -2.51. The molecule has 1 unspecified atom stereocenters. The minimum atomic E-state index is -0.679. The molecule has 2 N–H and O–H groups in total. The van der Waals surface area contributed by atoms with Crippen LogP contribution >= 0.6 is 0 Å². The van der Waals surface area contributed by atoms with Crippen molar-refractivity contribution in [2.45, 2.75) is 64.0 Å². The van der Waals surface area contributed by atoms with Gasteiger partial charge in [0.05, 0.1) is 22.2 Å². The number of ether oxygens (including phenoxy) is 1. The Balaban J connectivity index is 0.00000160. The Morgan fingerprint density at radius 3 is 2.67 bits per heavy atom. The van der Waals surface area contributed by atoms with Gasteiger partial charge in [-0.1, -0.05) is 25.8 Å². The third-order valence-electron chi connectivity index (χ3n) is 9.89. The molecule has 0 bridgehead atoms. The number of aromatic nitrogens is 3. The third-order valence-corrected chi connectivity index (χ3v) is 9.89. The van der Waals surface area contributed by atoms with Gasteiger partial charge in [0.25, 0.3) is 0 Å². The molecule has 45 heavy (non-hydrogen) atoms. The van der Waals surface area contributed by atoms with Crippen LogP contribution in [0.25, 0.3) is 32.9 Å². The molecule has 4 aromatic rings. The monoisotopic (exact) mass is 612 g/mol. The first-order valence-corrected chi connectivity index (χ1v) is 16.1. The van der Waals surface area contributed by atoms with Crippen molar-refractivity contribution < 1.29 is 18.6 Å². The van der Waals surface area contributed by atoms with E-state index in [9.17, 15) is 9.50 Å². The average Bonchev–Trinajstić information content (AvgIpc) is 3.60. The van der Waals surface area contributed by atoms with Crippen molar-refractivity contribution in [3.63, 3.8) is 0 Å². The Kier molecular flexibility index (Phi) is 7.70. The summed E-state index contributed by atoms with van der Waals surface area (Å²) in [5, 5.41) is 15.5. The first-order valence-electron chi connectivity index (χ1n) is 16.1. The zero-order chi connectivity index (χ0) is 31.3. The number of rotatable bonds is 4. The minimum absolute atomic E-state index is 0.00722. The van der Waals surface area contributed by atoms with Crippen LogP contribution in [0.1, 0.15) is 57.2 Å². The van der Waals surface area contributed by atoms with Crippen molar-refractivity contribution in [1.29, 1.82) is 0 Å². The number of anilines is 1. The minimum Gasteiger partial charge on any atom is -0.508 e. The Morgan fingerprint density at radius 1 is 1.09 bits per heavy atom. The van der Waals surface area contributed by atoms with Crippen LogP contribution in [-0.4, -0.2) is 75.9 Å². The van der Waals surface area contributed by atoms with Crippen LogP contribution < -0.4 is 15.0 Å². The number of terminal acetylenes is 1. The summed E-state index contributed by atoms with van der Waals surface area (Å²) in [6.07, 6.45) is 11.5. The highest BCUT2D eigenvalue weighted by molar-refractivity contribution is 6.03. The summed E-state index contributed by atoms with van der Waals surface area (Å²) in [7, 11) is 0. The van der Waals surface area contributed by atoms with E-state index in [0.29, 0.717) is 40.7 Å². The molecule has 0 saturated carbocycles. The zero-order valence-corrected chi connectivity index (χ0v) is 25.8. The van der Waals surface area contributed by atoms with E-state index in [4.69, 9.17) is 26.1 Å². The number of phenolic OH excluding ortho intramolecular Hbond substituents is 1. The summed E-state index contributed by atoms with van der Waals surface area (Å²) in [6.45, 7) is 8.89. The molecule has 2 aromatic carbocycles. The molecule has 0 amide bonds. The summed E-state index contributed by atoms with van der Waals surface area (Å²) < 4.78 is 38.1. The molecule has 0 aliphatic carbocycles. The number of aryl methyl sites for hydroxylation is 1. The Morgan fingerprint density at radius 2 is 1.89 bits per heavy atom. The van der Waals surface area contributed by atoms with Gasteiger partial charge in [-0.2, -0.15) is 9.97 Å². The Hall–Kier alpha value is -4.07. The van der Waals surface area contributed by atoms with Crippen LogP contribution in [0.4, 0.5) is 14.6 Å². The molecule has 4 aliphatic rings. The lowest BCUT2D eigenvalue weighted by molar-refractivity contribution is 0.108. The van der Waals surface area contributed by atoms with Gasteiger partial charge in [0, 0.05) is 36.6 Å². The molecule has 8 nitrogen and oxygen atoms in total. The van der Waals surface area contributed by atoms with Crippen molar-refractivity contribution in [3.8, 4) is 35.4 Å². The fraction of sp³-hybridized carbons (Fsp3) is 0.457. The van der Waals surface area contributed by atoms with Crippen molar-refractivity contribution in [2.75, 3.05) is 44.2 Å². The van der Waals surface area contributed by atoms with Crippen molar-refractivity contribution in [3.05, 3.63) is 47.2 Å². The fourth-order valence-corrected chi connectivity index (χ4v) is 7.85. The number of nitrogens with one attached hydrogen (secondary N) is 1. The maximum atomic E-state index is 16.9. The summed E-state index contributed by atoms with van der Waals surface area (Å²) in [5.41, 5.74) is 0.932. The van der Waals surface area contributed by atoms with E-state index < -0.39 is 11.6 Å². The van der Waals surface area contributed by atoms with E-state index in [1.54, 1.807) is 0 Å². The topological polar surface area (TPSA) is 86.6 Å². The molecule has 234 valence electrons. The molecule has 3 fully saturated rings. The SMILES string of the molecule is C#Cc1c(F)ccc2cc(O)cc(-c3nc4c5c(nc(OCC67CCCN6CCC7)nc5c3F)N3CCNCC3CC4)c12.CC. The van der Waals surface area contributed by atoms with Crippen molar-refractivity contribution in [2.24, 2.45) is 0 Å². The van der Waals surface area contributed by atoms with Gasteiger partial charge in [-0.25, -0.2) is 13.8 Å². The maximum Gasteiger partial charge on any atom is 0.319 e. The summed E-state index contributed by atoms with van der Waals surface area (Å²) in [4.78, 5) is 19.2. The summed E-state index contributed by atoms with van der Waals surface area (Å²) >= 11 is 0. The Labute approximate surface area is 261 Å². The largest absolute Gasteiger partial charge is 0.508 e. The van der Waals surface area contributed by atoms with Gasteiger partial charge in [0.15, 0.2) is 5.82 Å². The standard InChI is InChI=1S/C33H32F2N6O2.C2H6/c1-2-22-24(34)7-5-19-15-21(42)16-23(26(19)22)29-28(35)30-27-25(37-29)8-6-20-17-36-11-14-41(20)31(27)39-32(38-30)43-18-33-9-3-12-40(33)13-4-10-33;1-2/h1,5,7,15-16,20,36,42H,3-4,6,8-14,17-18H2;1-2H3. The molecule has 1 atom stereocenters. The lowest BCUT2D eigenvalue weighted by atomic mass is 9.95. The molecule has 10 heteroatoms. The van der Waals surface area contributed by atoms with Crippen LogP contribution in [-0.2, 0) is 6.42 Å². The summed E-state index contributed by atoms with van der Waals surface area (Å²) in [6, 6.07) is 5.95. The second-order valence-electron chi connectivity index (χ2n) is 12.2. The van der Waals surface area contributed by atoms with E-state index in [0.717, 1.165) is 64.8 Å². The molecule has 8 rings (SSSR count). The Bertz CT molecular complexity index is 1830. The van der Waals surface area contributed by atoms with Gasteiger partial charge < -0.3 is 20.1 Å². The van der Waals surface area contributed by atoms with E-state index in [1.807, 2.05) is 13.8 Å². The number of phenols is 1. The molecule has 3 saturated heterocycles. The molecular weight excluding hydrogens is 574 g/mol. The van der Waals surface area contributed by atoms with Gasteiger partial charge >= 0.3 is 6.01 Å². The number of hydrogen-bond donors (Lipinski definition) is 2. The number of hydrogen-bond acceptors (Lipinski definition) is 8. The number of halogens is 2. The molecule has 4 aliphatic heterocycles. The lowest BCUT2D eigenvalue weighted by Gasteiger charge is -2.36. The van der Waals surface area contributed by atoms with Gasteiger partial charge in [-0.05, 0) is 75.2 Å². The predicted molar refractivity (Wildman–Crippen MR) is 172 cm³/mol. The molecule has 2 aromatic heterocycles. The summed E-state index contributed by atoms with van der Waals surface area (Å²) in [5.74, 6) is 1.68. The number of benzene rings is 2. The highest BCUT2D eigenvalue weighted by Gasteiger charge is 2.45. The fourth-order valence-electron chi connectivity index (χ4n) is 7.85. The molecule has 0 radical (unpaired) electrons. The molecule has 0 spiro atoms. The van der Waals surface area contributed by atoms with E-state index in [1.165, 1.54) is 24.3 Å². The van der Waals surface area contributed by atoms with E-state index in [-0.39, 0.29) is 45.7 Å². The van der Waals surface area contributed by atoms with Crippen LogP contribution in [0.2, 0.25) is 0 Å². The number of nitrogens with zero attached hydrogens (tertiary/aromatic N) is 5. The second kappa shape index (κ2) is 11.7. The molecular formula is C35H38F2N6O2. The average molecular weight is 613 g/mol. The predicted octanol–water partition coefficient (Wildman–Crippen LogP) is 5.57. The first kappa shape index (κ1) is 29.6. The second-order valence-corrected chi connectivity index (χ2v) is 12.2. The first-order chi connectivity index (χ1) is 22.0. The highest BCUT2D eigenvalue weighted by atomic mass is 19.1. The maximum absolute atomic E-state index is 16.9. The van der Waals surface area contributed by atoms with Crippen molar-refractivity contribution in [1.82, 2.24) is 25.2 Å². The van der Waals surface area contributed by atoms with Gasteiger partial charge in [-0.15, -0.1) is 6.42 Å². The van der Waals surface area contributed by atoms with E-state index in [2.05, 4.69) is 21.0 Å². The zero-order valence-electron chi connectivity index (χ0n) is 25.8. The highest BCUT2D eigenvalue weighted by Crippen LogP contribution is 2.43. The van der Waals surface area contributed by atoms with Crippen LogP contribution in [0.5, 0.6) is 11.8 Å².